The summed E-state index contributed by atoms with van der Waals surface area (Å²) in [6, 6.07) is 10.2. The fourth-order valence-corrected chi connectivity index (χ4v) is 2.99. The van der Waals surface area contributed by atoms with Crippen molar-refractivity contribution < 1.29 is 4.42 Å². The summed E-state index contributed by atoms with van der Waals surface area (Å²) in [5.41, 5.74) is 3.27. The number of hydrogen-bond acceptors (Lipinski definition) is 3. The number of thiol groups is 1. The van der Waals surface area contributed by atoms with E-state index in [1.165, 1.54) is 5.56 Å². The van der Waals surface area contributed by atoms with Gasteiger partial charge in [-0.15, -0.1) is 24.0 Å². The molecule has 0 spiro atoms. The van der Waals surface area contributed by atoms with Crippen LogP contribution in [0.15, 0.2) is 44.3 Å². The molecule has 0 radical (unpaired) electrons. The summed E-state index contributed by atoms with van der Waals surface area (Å²) in [6.07, 6.45) is 0. The number of fused-ring (bicyclic) bond motifs is 1. The van der Waals surface area contributed by atoms with Crippen molar-refractivity contribution in [2.45, 2.75) is 11.1 Å². The molecule has 2 heterocycles. The van der Waals surface area contributed by atoms with Crippen molar-refractivity contribution in [1.29, 1.82) is 0 Å². The third-order valence-corrected chi connectivity index (χ3v) is 3.96. The highest BCUT2D eigenvalue weighted by atomic mass is 32.2. The van der Waals surface area contributed by atoms with Gasteiger partial charge in [-0.25, -0.2) is 0 Å². The van der Waals surface area contributed by atoms with Crippen molar-refractivity contribution in [3.05, 3.63) is 41.5 Å². The first-order valence-corrected chi connectivity index (χ1v) is 6.35. The molecule has 3 heteroatoms. The molecule has 3 aromatic rings. The standard InChI is InChI=1S/C13H10OS2/c1-8-12(10-6-7-16-13(10)15)9-4-2-3-5-11(9)14-8/h2-7,15H,1H3. The lowest BCUT2D eigenvalue weighted by molar-refractivity contribution is 0.580. The molecular formula is C13H10OS2. The van der Waals surface area contributed by atoms with Crippen molar-refractivity contribution in [3.8, 4) is 11.1 Å². The second-order valence-electron chi connectivity index (χ2n) is 3.67. The normalized spacial score (nSPS) is 11.1. The molecule has 0 atom stereocenters. The first-order chi connectivity index (χ1) is 7.77. The zero-order chi connectivity index (χ0) is 11.1. The molecule has 1 aromatic carbocycles. The Morgan fingerprint density at radius 2 is 2.00 bits per heavy atom. The highest BCUT2D eigenvalue weighted by molar-refractivity contribution is 7.83. The zero-order valence-electron chi connectivity index (χ0n) is 8.73. The third-order valence-electron chi connectivity index (χ3n) is 2.69. The van der Waals surface area contributed by atoms with E-state index in [2.05, 4.69) is 30.1 Å². The van der Waals surface area contributed by atoms with Crippen LogP contribution in [0.5, 0.6) is 0 Å². The Labute approximate surface area is 103 Å². The van der Waals surface area contributed by atoms with E-state index in [4.69, 9.17) is 4.42 Å². The van der Waals surface area contributed by atoms with Gasteiger partial charge >= 0.3 is 0 Å². The van der Waals surface area contributed by atoms with Gasteiger partial charge < -0.3 is 4.42 Å². The summed E-state index contributed by atoms with van der Waals surface area (Å²) in [5.74, 6) is 0.954. The fourth-order valence-electron chi connectivity index (χ4n) is 1.99. The average Bonchev–Trinajstić information content (AvgIpc) is 2.81. The monoisotopic (exact) mass is 246 g/mol. The van der Waals surface area contributed by atoms with Gasteiger partial charge in [-0.2, -0.15) is 0 Å². The Morgan fingerprint density at radius 3 is 2.75 bits per heavy atom. The van der Waals surface area contributed by atoms with Crippen LogP contribution >= 0.6 is 24.0 Å². The number of furan rings is 1. The first kappa shape index (κ1) is 10.00. The van der Waals surface area contributed by atoms with Crippen LogP contribution in [0, 0.1) is 6.92 Å². The Kier molecular flexibility index (Phi) is 2.30. The molecule has 0 aliphatic rings. The van der Waals surface area contributed by atoms with E-state index in [9.17, 15) is 0 Å². The van der Waals surface area contributed by atoms with Crippen molar-refractivity contribution >= 4 is 34.9 Å². The van der Waals surface area contributed by atoms with Crippen LogP contribution in [-0.4, -0.2) is 0 Å². The lowest BCUT2D eigenvalue weighted by Crippen LogP contribution is -1.75. The molecule has 0 bridgehead atoms. The van der Waals surface area contributed by atoms with Crippen molar-refractivity contribution in [3.63, 3.8) is 0 Å². The largest absolute Gasteiger partial charge is 0.461 e. The van der Waals surface area contributed by atoms with E-state index in [0.29, 0.717) is 0 Å². The van der Waals surface area contributed by atoms with Crippen molar-refractivity contribution in [1.82, 2.24) is 0 Å². The molecule has 3 rings (SSSR count). The Morgan fingerprint density at radius 1 is 1.19 bits per heavy atom. The second kappa shape index (κ2) is 3.68. The molecule has 0 aliphatic heterocycles. The number of para-hydroxylation sites is 1. The maximum Gasteiger partial charge on any atom is 0.134 e. The zero-order valence-corrected chi connectivity index (χ0v) is 10.4. The highest BCUT2D eigenvalue weighted by Gasteiger charge is 2.14. The quantitative estimate of drug-likeness (QED) is 0.611. The molecule has 0 amide bonds. The molecule has 0 saturated heterocycles. The van der Waals surface area contributed by atoms with E-state index >= 15 is 0 Å². The SMILES string of the molecule is Cc1oc2ccccc2c1-c1ccsc1S. The Balaban J connectivity index is 2.39. The molecule has 0 fully saturated rings. The molecule has 0 unspecified atom stereocenters. The maximum absolute atomic E-state index is 5.75. The van der Waals surface area contributed by atoms with Crippen LogP contribution in [0.4, 0.5) is 0 Å². The summed E-state index contributed by atoms with van der Waals surface area (Å²) in [5, 5.41) is 3.22. The van der Waals surface area contributed by atoms with Gasteiger partial charge in [-0.05, 0) is 24.4 Å². The molecule has 2 aromatic heterocycles. The number of thiophene rings is 1. The minimum absolute atomic E-state index is 0.939. The molecule has 16 heavy (non-hydrogen) atoms. The summed E-state index contributed by atoms with van der Waals surface area (Å²) < 4.78 is 6.79. The van der Waals surface area contributed by atoms with Crippen LogP contribution in [0.1, 0.15) is 5.76 Å². The summed E-state index contributed by atoms with van der Waals surface area (Å²) in [6.45, 7) is 2.00. The minimum Gasteiger partial charge on any atom is -0.461 e. The van der Waals surface area contributed by atoms with Crippen LogP contribution in [-0.2, 0) is 0 Å². The maximum atomic E-state index is 5.75. The van der Waals surface area contributed by atoms with Gasteiger partial charge in [0.1, 0.15) is 11.3 Å². The highest BCUT2D eigenvalue weighted by Crippen LogP contribution is 2.39. The van der Waals surface area contributed by atoms with Crippen molar-refractivity contribution in [2.24, 2.45) is 0 Å². The number of rotatable bonds is 1. The van der Waals surface area contributed by atoms with Gasteiger partial charge in [0.05, 0.1) is 4.21 Å². The van der Waals surface area contributed by atoms with E-state index < -0.39 is 0 Å². The predicted molar refractivity (Wildman–Crippen MR) is 71.5 cm³/mol. The first-order valence-electron chi connectivity index (χ1n) is 5.02. The number of aryl methyl sites for hydroxylation is 1. The summed E-state index contributed by atoms with van der Waals surface area (Å²) in [7, 11) is 0. The molecule has 0 saturated carbocycles. The molecular weight excluding hydrogens is 236 g/mol. The lowest BCUT2D eigenvalue weighted by Gasteiger charge is -1.97. The Bertz CT molecular complexity index is 649. The van der Waals surface area contributed by atoms with Gasteiger partial charge in [0.15, 0.2) is 0 Å². The Hall–Kier alpha value is -1.19. The smallest absolute Gasteiger partial charge is 0.134 e. The van der Waals surface area contributed by atoms with Gasteiger partial charge in [0.2, 0.25) is 0 Å². The summed E-state index contributed by atoms with van der Waals surface area (Å²) in [4.78, 5) is 0. The third kappa shape index (κ3) is 1.39. The van der Waals surface area contributed by atoms with Gasteiger partial charge in [-0.3, -0.25) is 0 Å². The van der Waals surface area contributed by atoms with E-state index in [-0.39, 0.29) is 0 Å². The topological polar surface area (TPSA) is 13.1 Å². The number of benzene rings is 1. The summed E-state index contributed by atoms with van der Waals surface area (Å²) >= 11 is 6.13. The molecule has 0 N–H and O–H groups in total. The lowest BCUT2D eigenvalue weighted by atomic mass is 10.1. The van der Waals surface area contributed by atoms with E-state index in [0.717, 1.165) is 26.5 Å². The van der Waals surface area contributed by atoms with E-state index in [1.54, 1.807) is 11.3 Å². The van der Waals surface area contributed by atoms with Gasteiger partial charge in [0, 0.05) is 16.5 Å². The van der Waals surface area contributed by atoms with Crippen LogP contribution in [0.2, 0.25) is 0 Å². The average molecular weight is 246 g/mol. The van der Waals surface area contributed by atoms with Crippen LogP contribution in [0.3, 0.4) is 0 Å². The van der Waals surface area contributed by atoms with Gasteiger partial charge in [0.25, 0.3) is 0 Å². The molecule has 80 valence electrons. The molecule has 1 nitrogen and oxygen atoms in total. The molecule has 0 aliphatic carbocycles. The van der Waals surface area contributed by atoms with E-state index in [1.807, 2.05) is 25.1 Å². The van der Waals surface area contributed by atoms with Gasteiger partial charge in [-0.1, -0.05) is 18.2 Å². The fraction of sp³-hybridized carbons (Fsp3) is 0.0769. The van der Waals surface area contributed by atoms with Crippen molar-refractivity contribution in [2.75, 3.05) is 0 Å². The minimum atomic E-state index is 0.939. The van der Waals surface area contributed by atoms with Crippen LogP contribution < -0.4 is 0 Å². The second-order valence-corrected chi connectivity index (χ2v) is 5.33. The number of hydrogen-bond donors (Lipinski definition) is 1. The predicted octanol–water partition coefficient (Wildman–Crippen LogP) is 4.76. The van der Waals surface area contributed by atoms with Crippen LogP contribution in [0.25, 0.3) is 22.1 Å².